The second kappa shape index (κ2) is 6.60. The van der Waals surface area contributed by atoms with Crippen molar-refractivity contribution in [3.63, 3.8) is 0 Å². The van der Waals surface area contributed by atoms with Gasteiger partial charge in [0.15, 0.2) is 0 Å². The molecule has 3 amide bonds. The second-order valence-corrected chi connectivity index (χ2v) is 7.94. The van der Waals surface area contributed by atoms with Crippen molar-refractivity contribution >= 4 is 44.7 Å². The predicted molar refractivity (Wildman–Crippen MR) is 84.2 cm³/mol. The molecule has 0 heterocycles. The standard InChI is InChI=1S/C12H15IN2O5S/c1-12(2,3)20-11(17)14-10(16)15-21(18,19)9-6-4-8(13)5-7-9/h4-7H,1-3H3,(H2,14,15,16,17). The lowest BCUT2D eigenvalue weighted by Gasteiger charge is -2.19. The van der Waals surface area contributed by atoms with Gasteiger partial charge in [-0.2, -0.15) is 0 Å². The molecule has 116 valence electrons. The predicted octanol–water partition coefficient (Wildman–Crippen LogP) is 2.21. The van der Waals surface area contributed by atoms with Crippen molar-refractivity contribution in [3.05, 3.63) is 27.8 Å². The van der Waals surface area contributed by atoms with Crippen molar-refractivity contribution in [2.45, 2.75) is 31.3 Å². The van der Waals surface area contributed by atoms with Crippen LogP contribution >= 0.6 is 22.6 Å². The number of hydrogen-bond acceptors (Lipinski definition) is 5. The Bertz CT molecular complexity index is 635. The molecule has 21 heavy (non-hydrogen) atoms. The molecule has 0 aliphatic heterocycles. The Morgan fingerprint density at radius 2 is 1.67 bits per heavy atom. The fourth-order valence-corrected chi connectivity index (χ4v) is 2.48. The van der Waals surface area contributed by atoms with Gasteiger partial charge in [-0.25, -0.2) is 28.0 Å². The Balaban J connectivity index is 2.70. The van der Waals surface area contributed by atoms with E-state index in [1.54, 1.807) is 42.9 Å². The van der Waals surface area contributed by atoms with Crippen LogP contribution < -0.4 is 10.0 Å². The van der Waals surface area contributed by atoms with Gasteiger partial charge in [0.1, 0.15) is 5.60 Å². The fourth-order valence-electron chi connectivity index (χ4n) is 1.22. The van der Waals surface area contributed by atoms with Gasteiger partial charge >= 0.3 is 12.1 Å². The quantitative estimate of drug-likeness (QED) is 0.707. The first-order chi connectivity index (χ1) is 9.49. The summed E-state index contributed by atoms with van der Waals surface area (Å²) in [5.41, 5.74) is -0.792. The van der Waals surface area contributed by atoms with E-state index in [4.69, 9.17) is 4.74 Å². The number of imide groups is 1. The average molecular weight is 426 g/mol. The van der Waals surface area contributed by atoms with E-state index in [1.165, 1.54) is 12.1 Å². The van der Waals surface area contributed by atoms with Gasteiger partial charge in [0, 0.05) is 3.57 Å². The van der Waals surface area contributed by atoms with Crippen LogP contribution in [0.1, 0.15) is 20.8 Å². The minimum absolute atomic E-state index is 0.0812. The summed E-state index contributed by atoms with van der Waals surface area (Å²) < 4.78 is 31.2. The number of ether oxygens (including phenoxy) is 1. The maximum atomic E-state index is 11.9. The lowest BCUT2D eigenvalue weighted by Crippen LogP contribution is -2.44. The highest BCUT2D eigenvalue weighted by molar-refractivity contribution is 14.1. The number of rotatable bonds is 2. The third-order valence-corrected chi connectivity index (χ3v) is 4.03. The number of amides is 3. The van der Waals surface area contributed by atoms with Crippen LogP contribution in [0.15, 0.2) is 29.2 Å². The third kappa shape index (κ3) is 6.29. The summed E-state index contributed by atoms with van der Waals surface area (Å²) in [6, 6.07) is 4.69. The number of carbonyl (C=O) groups is 2. The van der Waals surface area contributed by atoms with E-state index in [1.807, 2.05) is 22.6 Å². The fraction of sp³-hybridized carbons (Fsp3) is 0.333. The summed E-state index contributed by atoms with van der Waals surface area (Å²) in [5, 5.41) is 1.78. The van der Waals surface area contributed by atoms with Gasteiger partial charge in [0.05, 0.1) is 4.90 Å². The number of halogens is 1. The van der Waals surface area contributed by atoms with Crippen molar-refractivity contribution < 1.29 is 22.7 Å². The summed E-state index contributed by atoms with van der Waals surface area (Å²) in [6.07, 6.45) is -1.03. The third-order valence-electron chi connectivity index (χ3n) is 1.97. The normalized spacial score (nSPS) is 11.6. The monoisotopic (exact) mass is 426 g/mol. The first-order valence-corrected chi connectivity index (χ1v) is 8.38. The maximum Gasteiger partial charge on any atom is 0.415 e. The van der Waals surface area contributed by atoms with Crippen LogP contribution in [0.25, 0.3) is 0 Å². The average Bonchev–Trinajstić information content (AvgIpc) is 2.25. The van der Waals surface area contributed by atoms with Gasteiger partial charge in [0.25, 0.3) is 10.0 Å². The van der Waals surface area contributed by atoms with E-state index < -0.39 is 27.7 Å². The molecule has 0 radical (unpaired) electrons. The Hall–Kier alpha value is -1.36. The van der Waals surface area contributed by atoms with Crippen molar-refractivity contribution in [1.82, 2.24) is 10.0 Å². The SMILES string of the molecule is CC(C)(C)OC(=O)NC(=O)NS(=O)(=O)c1ccc(I)cc1. The number of alkyl carbamates (subject to hydrolysis) is 1. The molecule has 0 fully saturated rings. The first kappa shape index (κ1) is 17.7. The zero-order valence-corrected chi connectivity index (χ0v) is 14.6. The smallest absolute Gasteiger partial charge is 0.415 e. The first-order valence-electron chi connectivity index (χ1n) is 5.82. The Morgan fingerprint density at radius 3 is 2.14 bits per heavy atom. The number of carbonyl (C=O) groups excluding carboxylic acids is 2. The highest BCUT2D eigenvalue weighted by Crippen LogP contribution is 2.12. The zero-order chi connectivity index (χ0) is 16.3. The van der Waals surface area contributed by atoms with Crippen LogP contribution in [0.4, 0.5) is 9.59 Å². The summed E-state index contributed by atoms with van der Waals surface area (Å²) >= 11 is 2.02. The van der Waals surface area contributed by atoms with Gasteiger partial charge in [-0.05, 0) is 67.6 Å². The molecular weight excluding hydrogens is 411 g/mol. The zero-order valence-electron chi connectivity index (χ0n) is 11.6. The Morgan fingerprint density at radius 1 is 1.14 bits per heavy atom. The molecule has 7 nitrogen and oxygen atoms in total. The van der Waals surface area contributed by atoms with Gasteiger partial charge in [0.2, 0.25) is 0 Å². The number of nitrogens with one attached hydrogen (secondary N) is 2. The van der Waals surface area contributed by atoms with E-state index in [9.17, 15) is 18.0 Å². The van der Waals surface area contributed by atoms with E-state index in [0.29, 0.717) is 0 Å². The van der Waals surface area contributed by atoms with E-state index >= 15 is 0 Å². The summed E-state index contributed by atoms with van der Waals surface area (Å²) in [5.74, 6) is 0. The largest absolute Gasteiger partial charge is 0.443 e. The van der Waals surface area contributed by atoms with Crippen LogP contribution in [0, 0.1) is 3.57 Å². The Kier molecular flexibility index (Phi) is 5.56. The van der Waals surface area contributed by atoms with Crippen LogP contribution in [-0.4, -0.2) is 26.1 Å². The number of sulfonamides is 1. The molecule has 1 aromatic carbocycles. The van der Waals surface area contributed by atoms with Crippen LogP contribution in [-0.2, 0) is 14.8 Å². The number of hydrogen-bond donors (Lipinski definition) is 2. The molecule has 0 aromatic heterocycles. The topological polar surface area (TPSA) is 102 Å². The highest BCUT2D eigenvalue weighted by Gasteiger charge is 2.22. The number of benzene rings is 1. The summed E-state index contributed by atoms with van der Waals surface area (Å²) in [7, 11) is -4.04. The van der Waals surface area contributed by atoms with Crippen molar-refractivity contribution in [2.24, 2.45) is 0 Å². The van der Waals surface area contributed by atoms with Crippen LogP contribution in [0.3, 0.4) is 0 Å². The van der Waals surface area contributed by atoms with Gasteiger partial charge in [-0.15, -0.1) is 0 Å². The summed E-state index contributed by atoms with van der Waals surface area (Å²) in [6.45, 7) is 4.85. The lowest BCUT2D eigenvalue weighted by molar-refractivity contribution is 0.0549. The second-order valence-electron chi connectivity index (χ2n) is 5.02. The molecule has 2 N–H and O–H groups in total. The molecule has 0 saturated heterocycles. The number of urea groups is 1. The minimum atomic E-state index is -4.04. The molecule has 1 aromatic rings. The summed E-state index contributed by atoms with van der Waals surface area (Å²) in [4.78, 5) is 22.8. The maximum absolute atomic E-state index is 11.9. The van der Waals surface area contributed by atoms with Crippen molar-refractivity contribution in [2.75, 3.05) is 0 Å². The minimum Gasteiger partial charge on any atom is -0.443 e. The van der Waals surface area contributed by atoms with Crippen molar-refractivity contribution in [1.29, 1.82) is 0 Å². The van der Waals surface area contributed by atoms with Gasteiger partial charge < -0.3 is 4.74 Å². The molecule has 0 saturated carbocycles. The van der Waals surface area contributed by atoms with Crippen LogP contribution in [0.2, 0.25) is 0 Å². The molecule has 0 bridgehead atoms. The Labute approximate surface area is 136 Å². The molecule has 0 spiro atoms. The lowest BCUT2D eigenvalue weighted by atomic mass is 10.2. The highest BCUT2D eigenvalue weighted by atomic mass is 127. The van der Waals surface area contributed by atoms with E-state index in [-0.39, 0.29) is 4.90 Å². The van der Waals surface area contributed by atoms with E-state index in [2.05, 4.69) is 0 Å². The molecule has 0 aliphatic carbocycles. The molecule has 9 heteroatoms. The van der Waals surface area contributed by atoms with Gasteiger partial charge in [-0.3, -0.25) is 0 Å². The van der Waals surface area contributed by atoms with Crippen molar-refractivity contribution in [3.8, 4) is 0 Å². The molecule has 1 rings (SSSR count). The van der Waals surface area contributed by atoms with Crippen LogP contribution in [0.5, 0.6) is 0 Å². The molecule has 0 unspecified atom stereocenters. The van der Waals surface area contributed by atoms with Gasteiger partial charge in [-0.1, -0.05) is 0 Å². The molecule has 0 atom stereocenters. The molecular formula is C12H15IN2O5S. The van der Waals surface area contributed by atoms with E-state index in [0.717, 1.165) is 3.57 Å². The molecule has 0 aliphatic rings.